The van der Waals surface area contributed by atoms with E-state index in [0.29, 0.717) is 29.2 Å². The fourth-order valence-corrected chi connectivity index (χ4v) is 7.40. The second-order valence-electron chi connectivity index (χ2n) is 13.3. The highest BCUT2D eigenvalue weighted by Gasteiger charge is 2.43. The van der Waals surface area contributed by atoms with Gasteiger partial charge in [0.1, 0.15) is 17.2 Å². The van der Waals surface area contributed by atoms with Gasteiger partial charge in [-0.15, -0.1) is 0 Å². The number of phenolic OH excluding ortho intramolecular Hbond substituents is 2. The van der Waals surface area contributed by atoms with E-state index in [0.717, 1.165) is 5.56 Å². The number of fused-ring (bicyclic) bond motifs is 4. The molecule has 0 spiro atoms. The van der Waals surface area contributed by atoms with E-state index in [2.05, 4.69) is 0 Å². The maximum absolute atomic E-state index is 14.3. The molecule has 4 N–H and O–H groups in total. The highest BCUT2D eigenvalue weighted by Crippen LogP contribution is 2.49. The summed E-state index contributed by atoms with van der Waals surface area (Å²) in [6, 6.07) is 7.03. The van der Waals surface area contributed by atoms with Crippen molar-refractivity contribution >= 4 is 22.3 Å². The normalized spacial score (nSPS) is 29.7. The molecule has 2 heterocycles. The molecule has 46 heavy (non-hydrogen) atoms. The summed E-state index contributed by atoms with van der Waals surface area (Å²) in [5.41, 5.74) is 1.00. The summed E-state index contributed by atoms with van der Waals surface area (Å²) in [6.07, 6.45) is -3.31. The van der Waals surface area contributed by atoms with Crippen molar-refractivity contribution in [1.29, 1.82) is 0 Å². The molecule has 0 amide bonds. The van der Waals surface area contributed by atoms with Crippen molar-refractivity contribution in [3.8, 4) is 17.2 Å². The summed E-state index contributed by atoms with van der Waals surface area (Å²) >= 11 is 0. The Hall–Kier alpha value is -3.58. The van der Waals surface area contributed by atoms with Gasteiger partial charge in [0.2, 0.25) is 12.1 Å². The Morgan fingerprint density at radius 3 is 2.09 bits per heavy atom. The van der Waals surface area contributed by atoms with Gasteiger partial charge in [-0.1, -0.05) is 18.2 Å². The lowest BCUT2D eigenvalue weighted by molar-refractivity contribution is -0.202. The molecule has 0 bridgehead atoms. The van der Waals surface area contributed by atoms with E-state index in [1.165, 1.54) is 24.3 Å². The van der Waals surface area contributed by atoms with E-state index in [4.69, 9.17) is 14.2 Å². The first-order valence-corrected chi connectivity index (χ1v) is 15.6. The summed E-state index contributed by atoms with van der Waals surface area (Å²) in [5, 5.41) is 44.4. The summed E-state index contributed by atoms with van der Waals surface area (Å²) in [5.74, 6) is -1.68. The predicted molar refractivity (Wildman–Crippen MR) is 170 cm³/mol. The molecule has 0 aromatic heterocycles. The van der Waals surface area contributed by atoms with E-state index < -0.39 is 48.4 Å². The molecule has 3 aromatic carbocycles. The second-order valence-corrected chi connectivity index (χ2v) is 13.3. The molecule has 0 saturated carbocycles. The van der Waals surface area contributed by atoms with Gasteiger partial charge < -0.3 is 44.4 Å². The molecule has 0 radical (unpaired) electrons. The van der Waals surface area contributed by atoms with Gasteiger partial charge in [0.05, 0.1) is 41.6 Å². The van der Waals surface area contributed by atoms with E-state index in [9.17, 15) is 30.0 Å². The Balaban J connectivity index is 1.62. The first kappa shape index (κ1) is 32.4. The van der Waals surface area contributed by atoms with Gasteiger partial charge in [-0.2, -0.15) is 0 Å². The Kier molecular flexibility index (Phi) is 8.37. The molecule has 11 nitrogen and oxygen atoms in total. The van der Waals surface area contributed by atoms with E-state index in [-0.39, 0.29) is 51.6 Å². The summed E-state index contributed by atoms with van der Waals surface area (Å²) in [6.45, 7) is 5.47. The molecule has 3 aliphatic rings. The SMILES string of the molecule is Cc1cc2cc(O)c3c(c2c(OC2CC(N(C)C)C(O)C(C)O2)c1C1CC(N(C)C)C(O)C(C)O1)C(=O)c1cccc(O)c1C3=O. The zero-order valence-corrected chi connectivity index (χ0v) is 27.1. The summed E-state index contributed by atoms with van der Waals surface area (Å²) in [7, 11) is 7.54. The number of nitrogens with zero attached hydrogens (tertiary/aromatic N) is 2. The molecule has 8 unspecified atom stereocenters. The molecular formula is C35H42N2O9. The van der Waals surface area contributed by atoms with Crippen molar-refractivity contribution in [2.45, 2.75) is 82.5 Å². The average Bonchev–Trinajstić information content (AvgIpc) is 2.98. The van der Waals surface area contributed by atoms with Crippen LogP contribution in [-0.4, -0.2) is 113 Å². The van der Waals surface area contributed by atoms with Crippen LogP contribution in [0.3, 0.4) is 0 Å². The third-order valence-electron chi connectivity index (χ3n) is 9.86. The van der Waals surface area contributed by atoms with Crippen molar-refractivity contribution in [3.63, 3.8) is 0 Å². The lowest BCUT2D eigenvalue weighted by Gasteiger charge is -2.43. The maximum Gasteiger partial charge on any atom is 0.201 e. The van der Waals surface area contributed by atoms with E-state index in [1.54, 1.807) is 6.92 Å². The second kappa shape index (κ2) is 11.9. The first-order chi connectivity index (χ1) is 21.7. The number of rotatable bonds is 5. The number of likely N-dealkylation sites (N-methyl/N-ethyl adjacent to an activating group) is 2. The maximum atomic E-state index is 14.3. The van der Waals surface area contributed by atoms with Crippen LogP contribution in [-0.2, 0) is 9.47 Å². The fourth-order valence-electron chi connectivity index (χ4n) is 7.40. The average molecular weight is 635 g/mol. The van der Waals surface area contributed by atoms with Gasteiger partial charge in [-0.25, -0.2) is 0 Å². The van der Waals surface area contributed by atoms with Crippen molar-refractivity contribution in [3.05, 3.63) is 63.7 Å². The zero-order chi connectivity index (χ0) is 33.4. The number of benzene rings is 3. The number of aryl methyl sites for hydroxylation is 1. The van der Waals surface area contributed by atoms with Crippen molar-refractivity contribution < 1.29 is 44.2 Å². The molecular weight excluding hydrogens is 592 g/mol. The largest absolute Gasteiger partial charge is 0.507 e. The smallest absolute Gasteiger partial charge is 0.201 e. The van der Waals surface area contributed by atoms with Crippen LogP contribution in [0.15, 0.2) is 30.3 Å². The van der Waals surface area contributed by atoms with Gasteiger partial charge >= 0.3 is 0 Å². The number of ether oxygens (including phenoxy) is 3. The van der Waals surface area contributed by atoms with Gasteiger partial charge in [-0.05, 0) is 78.5 Å². The third-order valence-corrected chi connectivity index (χ3v) is 9.86. The van der Waals surface area contributed by atoms with Gasteiger partial charge in [0.15, 0.2) is 5.78 Å². The zero-order valence-electron chi connectivity index (χ0n) is 27.1. The van der Waals surface area contributed by atoms with Crippen molar-refractivity contribution in [2.75, 3.05) is 28.2 Å². The number of aromatic hydroxyl groups is 2. The number of phenols is 2. The highest BCUT2D eigenvalue weighted by molar-refractivity contribution is 6.34. The number of aliphatic hydroxyl groups excluding tert-OH is 2. The van der Waals surface area contributed by atoms with Crippen LogP contribution in [0.25, 0.3) is 10.8 Å². The topological polar surface area (TPSA) is 149 Å². The quantitative estimate of drug-likeness (QED) is 0.256. The van der Waals surface area contributed by atoms with Crippen LogP contribution in [0.5, 0.6) is 17.2 Å². The Morgan fingerprint density at radius 2 is 1.43 bits per heavy atom. The third kappa shape index (κ3) is 5.15. The lowest BCUT2D eigenvalue weighted by atomic mass is 9.79. The van der Waals surface area contributed by atoms with Crippen LogP contribution >= 0.6 is 0 Å². The Bertz CT molecular complexity index is 1720. The fraction of sp³-hybridized carbons (Fsp3) is 0.486. The van der Waals surface area contributed by atoms with Crippen LogP contribution in [0, 0.1) is 6.92 Å². The Morgan fingerprint density at radius 1 is 0.804 bits per heavy atom. The first-order valence-electron chi connectivity index (χ1n) is 15.6. The minimum absolute atomic E-state index is 0.0224. The summed E-state index contributed by atoms with van der Waals surface area (Å²) in [4.78, 5) is 32.0. The van der Waals surface area contributed by atoms with Crippen LogP contribution in [0.2, 0.25) is 0 Å². The van der Waals surface area contributed by atoms with Crippen LogP contribution in [0.1, 0.15) is 75.8 Å². The van der Waals surface area contributed by atoms with Gasteiger partial charge in [0, 0.05) is 40.6 Å². The molecule has 2 saturated heterocycles. The van der Waals surface area contributed by atoms with Crippen LogP contribution < -0.4 is 4.74 Å². The molecule has 1 aliphatic carbocycles. The number of hydrogen-bond acceptors (Lipinski definition) is 11. The van der Waals surface area contributed by atoms with Gasteiger partial charge in [-0.3, -0.25) is 9.59 Å². The van der Waals surface area contributed by atoms with Crippen molar-refractivity contribution in [1.82, 2.24) is 9.80 Å². The number of aliphatic hydroxyl groups is 2. The molecule has 3 aromatic rings. The van der Waals surface area contributed by atoms with E-state index >= 15 is 0 Å². The molecule has 8 atom stereocenters. The highest BCUT2D eigenvalue weighted by atomic mass is 16.7. The minimum atomic E-state index is -0.846. The minimum Gasteiger partial charge on any atom is -0.507 e. The Labute approximate surface area is 267 Å². The molecule has 2 fully saturated rings. The monoisotopic (exact) mass is 634 g/mol. The molecule has 6 rings (SSSR count). The molecule has 246 valence electrons. The number of carbonyl (C=O) groups is 2. The predicted octanol–water partition coefficient (Wildman–Crippen LogP) is 3.28. The van der Waals surface area contributed by atoms with Gasteiger partial charge in [0.25, 0.3) is 0 Å². The lowest BCUT2D eigenvalue weighted by Crippen LogP contribution is -2.54. The van der Waals surface area contributed by atoms with Crippen molar-refractivity contribution in [2.24, 2.45) is 0 Å². The number of carbonyl (C=O) groups excluding carboxylic acids is 2. The number of hydrogen-bond donors (Lipinski definition) is 4. The number of ketones is 2. The standard InChI is InChI=1S/C35H42N2O9/c1-15-11-18-12-23(39)29-30(33(42)19-9-8-10-22(38)28(19)34(29)43)27(18)35(46-25-14-21(37(6)7)32(41)17(3)45-25)26(15)24-13-20(36(4)5)31(40)16(2)44-24/h8-12,16-17,20-21,24-25,31-32,38-41H,13-14H2,1-7H3. The van der Waals surface area contributed by atoms with E-state index in [1.807, 2.05) is 57.9 Å². The molecule has 2 aliphatic heterocycles. The van der Waals surface area contributed by atoms with Crippen LogP contribution in [0.4, 0.5) is 0 Å². The summed E-state index contributed by atoms with van der Waals surface area (Å²) < 4.78 is 19.4. The molecule has 11 heteroatoms.